The Morgan fingerprint density at radius 3 is 1.31 bits per heavy atom. The summed E-state index contributed by atoms with van der Waals surface area (Å²) in [7, 11) is 0. The van der Waals surface area contributed by atoms with Gasteiger partial charge in [-0.3, -0.25) is 0 Å². The smallest absolute Gasteiger partial charge is 0.164 e. The molecular weight excluding hydrogens is 615 g/mol. The predicted octanol–water partition coefficient (Wildman–Crippen LogP) is 12.2. The average Bonchev–Trinajstić information content (AvgIpc) is 3.57. The zero-order valence-corrected chi connectivity index (χ0v) is 27.3. The van der Waals surface area contributed by atoms with Crippen LogP contribution in [0.5, 0.6) is 0 Å². The van der Waals surface area contributed by atoms with Gasteiger partial charge in [0, 0.05) is 36.9 Å². The van der Waals surface area contributed by atoms with Crippen molar-refractivity contribution in [1.29, 1.82) is 0 Å². The monoisotopic (exact) mass is 643 g/mol. The molecule has 9 aromatic rings. The van der Waals surface area contributed by atoms with E-state index in [4.69, 9.17) is 15.0 Å². The fraction of sp³-hybridized carbons (Fsp3) is 0. The van der Waals surface area contributed by atoms with Gasteiger partial charge in [-0.1, -0.05) is 164 Å². The number of benzene rings is 7. The largest absolute Gasteiger partial charge is 0.208 e. The molecule has 0 radical (unpaired) electrons. The van der Waals surface area contributed by atoms with Crippen molar-refractivity contribution in [3.63, 3.8) is 0 Å². The lowest BCUT2D eigenvalue weighted by Crippen LogP contribution is -2.00. The van der Waals surface area contributed by atoms with Crippen LogP contribution in [0.25, 0.3) is 87.7 Å². The summed E-state index contributed by atoms with van der Waals surface area (Å²) in [5, 5.41) is 2.38. The lowest BCUT2D eigenvalue weighted by atomic mass is 9.99. The van der Waals surface area contributed by atoms with Crippen molar-refractivity contribution in [3.05, 3.63) is 176 Å². The second kappa shape index (κ2) is 12.4. The Morgan fingerprint density at radius 2 is 0.735 bits per heavy atom. The lowest BCUT2D eigenvalue weighted by molar-refractivity contribution is 1.08. The summed E-state index contributed by atoms with van der Waals surface area (Å²) in [6.07, 6.45) is 0. The van der Waals surface area contributed by atoms with Crippen LogP contribution in [-0.4, -0.2) is 15.0 Å². The highest BCUT2D eigenvalue weighted by Crippen LogP contribution is 2.41. The molecule has 2 aromatic heterocycles. The molecule has 9 rings (SSSR count). The second-order valence-electron chi connectivity index (χ2n) is 12.1. The molecule has 0 saturated carbocycles. The van der Waals surface area contributed by atoms with Gasteiger partial charge in [-0.25, -0.2) is 15.0 Å². The summed E-state index contributed by atoms with van der Waals surface area (Å²) in [5.41, 5.74) is 10.1. The highest BCUT2D eigenvalue weighted by Gasteiger charge is 2.17. The Hall–Kier alpha value is -6.23. The summed E-state index contributed by atoms with van der Waals surface area (Å²) in [4.78, 5) is 15.2. The first-order valence-corrected chi connectivity index (χ1v) is 17.2. The van der Waals surface area contributed by atoms with Crippen LogP contribution in [-0.2, 0) is 0 Å². The zero-order valence-electron chi connectivity index (χ0n) is 26.5. The molecular formula is C45H29N3S. The molecule has 2 heterocycles. The van der Waals surface area contributed by atoms with Gasteiger partial charge >= 0.3 is 0 Å². The molecule has 0 atom stereocenters. The summed E-state index contributed by atoms with van der Waals surface area (Å²) in [6, 6.07) is 61.6. The van der Waals surface area contributed by atoms with Gasteiger partial charge in [-0.15, -0.1) is 11.3 Å². The minimum atomic E-state index is 0.651. The predicted molar refractivity (Wildman–Crippen MR) is 205 cm³/mol. The highest BCUT2D eigenvalue weighted by molar-refractivity contribution is 7.26. The maximum atomic E-state index is 5.13. The summed E-state index contributed by atoms with van der Waals surface area (Å²) in [6.45, 7) is 0. The molecule has 3 nitrogen and oxygen atoms in total. The SMILES string of the molecule is c1ccc(-c2ccc(-c3ccc(-c4nc(-c5ccccc5)nc(-c5cccc6sc7cc(-c8ccccc8)ccc7c56)n4)cc3)cc2)cc1. The van der Waals surface area contributed by atoms with Crippen molar-refractivity contribution in [2.75, 3.05) is 0 Å². The van der Waals surface area contributed by atoms with Crippen LogP contribution in [0, 0.1) is 0 Å². The summed E-state index contributed by atoms with van der Waals surface area (Å²) < 4.78 is 2.46. The topological polar surface area (TPSA) is 38.7 Å². The van der Waals surface area contributed by atoms with E-state index >= 15 is 0 Å². The van der Waals surface area contributed by atoms with Crippen molar-refractivity contribution >= 4 is 31.5 Å². The molecule has 0 spiro atoms. The molecule has 0 saturated heterocycles. The van der Waals surface area contributed by atoms with Crippen LogP contribution in [0.1, 0.15) is 0 Å². The van der Waals surface area contributed by atoms with E-state index in [1.165, 1.54) is 48.0 Å². The number of rotatable bonds is 6. The van der Waals surface area contributed by atoms with Gasteiger partial charge in [-0.2, -0.15) is 0 Å². The molecule has 49 heavy (non-hydrogen) atoms. The first kappa shape index (κ1) is 29.0. The zero-order chi connectivity index (χ0) is 32.6. The van der Waals surface area contributed by atoms with E-state index in [1.54, 1.807) is 0 Å². The van der Waals surface area contributed by atoms with Crippen LogP contribution < -0.4 is 0 Å². The number of aromatic nitrogens is 3. The van der Waals surface area contributed by atoms with Gasteiger partial charge in [0.05, 0.1) is 0 Å². The van der Waals surface area contributed by atoms with Crippen LogP contribution >= 0.6 is 11.3 Å². The molecule has 0 fully saturated rings. The summed E-state index contributed by atoms with van der Waals surface area (Å²) in [5.74, 6) is 1.98. The second-order valence-corrected chi connectivity index (χ2v) is 13.1. The minimum Gasteiger partial charge on any atom is -0.208 e. The van der Waals surface area contributed by atoms with E-state index in [9.17, 15) is 0 Å². The van der Waals surface area contributed by atoms with Crippen molar-refractivity contribution < 1.29 is 0 Å². The Kier molecular flexibility index (Phi) is 7.34. The van der Waals surface area contributed by atoms with Gasteiger partial charge in [0.2, 0.25) is 0 Å². The fourth-order valence-electron chi connectivity index (χ4n) is 6.46. The molecule has 0 aliphatic rings. The van der Waals surface area contributed by atoms with Crippen LogP contribution in [0.15, 0.2) is 176 Å². The lowest BCUT2D eigenvalue weighted by Gasteiger charge is -2.10. The average molecular weight is 644 g/mol. The standard InChI is InChI=1S/C45H29N3S/c1-4-11-30(12-5-1)32-19-21-33(22-20-32)34-23-25-36(26-24-34)44-46-43(35-15-8-3-9-16-35)47-45(48-44)39-17-10-18-40-42(39)38-28-27-37(29-41(38)49-40)31-13-6-2-7-14-31/h1-29H. The summed E-state index contributed by atoms with van der Waals surface area (Å²) >= 11 is 1.81. The normalized spacial score (nSPS) is 11.3. The van der Waals surface area contributed by atoms with Crippen molar-refractivity contribution in [2.24, 2.45) is 0 Å². The first-order chi connectivity index (χ1) is 24.3. The molecule has 0 unspecified atom stereocenters. The van der Waals surface area contributed by atoms with Gasteiger partial charge in [0.15, 0.2) is 17.5 Å². The molecule has 4 heteroatoms. The number of hydrogen-bond donors (Lipinski definition) is 0. The Balaban J connectivity index is 1.13. The highest BCUT2D eigenvalue weighted by atomic mass is 32.1. The van der Waals surface area contributed by atoms with Crippen molar-refractivity contribution in [3.8, 4) is 67.5 Å². The van der Waals surface area contributed by atoms with Crippen LogP contribution in [0.3, 0.4) is 0 Å². The van der Waals surface area contributed by atoms with Gasteiger partial charge in [-0.05, 0) is 45.5 Å². The van der Waals surface area contributed by atoms with E-state index in [0.717, 1.165) is 22.3 Å². The molecule has 0 aliphatic heterocycles. The first-order valence-electron chi connectivity index (χ1n) is 16.4. The number of thiophene rings is 1. The number of nitrogens with zero attached hydrogens (tertiary/aromatic N) is 3. The van der Waals surface area contributed by atoms with Gasteiger partial charge in [0.1, 0.15) is 0 Å². The maximum absolute atomic E-state index is 5.13. The van der Waals surface area contributed by atoms with Crippen molar-refractivity contribution in [2.45, 2.75) is 0 Å². The third-order valence-corrected chi connectivity index (χ3v) is 10.1. The van der Waals surface area contributed by atoms with E-state index in [-0.39, 0.29) is 0 Å². The third-order valence-electron chi connectivity index (χ3n) is 8.98. The van der Waals surface area contributed by atoms with E-state index in [0.29, 0.717) is 17.5 Å². The number of fused-ring (bicyclic) bond motifs is 3. The van der Waals surface area contributed by atoms with E-state index < -0.39 is 0 Å². The van der Waals surface area contributed by atoms with Gasteiger partial charge in [0.25, 0.3) is 0 Å². The molecule has 0 bridgehead atoms. The third kappa shape index (κ3) is 5.58. The molecule has 7 aromatic carbocycles. The Morgan fingerprint density at radius 1 is 0.306 bits per heavy atom. The van der Waals surface area contributed by atoms with E-state index in [2.05, 4.69) is 152 Å². The Labute approximate surface area is 288 Å². The van der Waals surface area contributed by atoms with Crippen LogP contribution in [0.2, 0.25) is 0 Å². The molecule has 230 valence electrons. The van der Waals surface area contributed by atoms with E-state index in [1.807, 2.05) is 35.6 Å². The Bertz CT molecular complexity index is 2560. The number of hydrogen-bond acceptors (Lipinski definition) is 4. The minimum absolute atomic E-state index is 0.651. The van der Waals surface area contributed by atoms with Gasteiger partial charge < -0.3 is 0 Å². The molecule has 0 amide bonds. The van der Waals surface area contributed by atoms with Crippen LogP contribution in [0.4, 0.5) is 0 Å². The molecule has 0 N–H and O–H groups in total. The quantitative estimate of drug-likeness (QED) is 0.181. The maximum Gasteiger partial charge on any atom is 0.164 e. The fourth-order valence-corrected chi connectivity index (χ4v) is 7.63. The molecule has 0 aliphatic carbocycles. The van der Waals surface area contributed by atoms with Crippen molar-refractivity contribution in [1.82, 2.24) is 15.0 Å².